The lowest BCUT2D eigenvalue weighted by Gasteiger charge is -2.08. The first-order chi connectivity index (χ1) is 8.97. The summed E-state index contributed by atoms with van der Waals surface area (Å²) in [5, 5.41) is 0. The predicted molar refractivity (Wildman–Crippen MR) is 76.8 cm³/mol. The second-order valence-electron chi connectivity index (χ2n) is 4.10. The summed E-state index contributed by atoms with van der Waals surface area (Å²) in [6.45, 7) is 0. The van der Waals surface area contributed by atoms with Crippen LogP contribution in [-0.4, -0.2) is 5.91 Å². The van der Waals surface area contributed by atoms with E-state index in [1.807, 2.05) is 22.6 Å². The van der Waals surface area contributed by atoms with Gasteiger partial charge in [-0.1, -0.05) is 12.1 Å². The molecule has 0 aliphatic heterocycles. The van der Waals surface area contributed by atoms with Gasteiger partial charge in [0.2, 0.25) is 5.91 Å². The Labute approximate surface area is 122 Å². The monoisotopic (exact) mass is 373 g/mol. The summed E-state index contributed by atoms with van der Waals surface area (Å²) < 4.78 is 27.0. The lowest BCUT2D eigenvalue weighted by atomic mass is 10.0. The standard InChI is InChI=1S/C14H10F2INO/c15-10-5-8(6-11(16)7-10)4-9-2-1-3-12(13(9)17)14(18)19/h1-3,5-7H,4H2,(H2,18,19). The minimum atomic E-state index is -0.615. The highest BCUT2D eigenvalue weighted by Gasteiger charge is 2.11. The first kappa shape index (κ1) is 13.9. The topological polar surface area (TPSA) is 43.1 Å². The van der Waals surface area contributed by atoms with Crippen molar-refractivity contribution in [3.63, 3.8) is 0 Å². The lowest BCUT2D eigenvalue weighted by molar-refractivity contribution is 0.0999. The van der Waals surface area contributed by atoms with E-state index in [1.54, 1.807) is 18.2 Å². The molecule has 0 atom stereocenters. The molecule has 0 aromatic heterocycles. The van der Waals surface area contributed by atoms with Gasteiger partial charge in [0.1, 0.15) is 11.6 Å². The molecule has 2 rings (SSSR count). The molecule has 0 aliphatic carbocycles. The molecule has 0 unspecified atom stereocenters. The van der Waals surface area contributed by atoms with Crippen LogP contribution in [0.2, 0.25) is 0 Å². The van der Waals surface area contributed by atoms with Gasteiger partial charge in [-0.25, -0.2) is 8.78 Å². The number of carbonyl (C=O) groups is 1. The largest absolute Gasteiger partial charge is 0.366 e. The van der Waals surface area contributed by atoms with Crippen LogP contribution in [0.5, 0.6) is 0 Å². The number of hydrogen-bond acceptors (Lipinski definition) is 1. The number of carbonyl (C=O) groups excluding carboxylic acids is 1. The maximum atomic E-state index is 13.1. The van der Waals surface area contributed by atoms with Gasteiger partial charge in [-0.15, -0.1) is 0 Å². The Morgan fingerprint density at radius 2 is 1.79 bits per heavy atom. The zero-order valence-corrected chi connectivity index (χ0v) is 11.9. The third-order valence-electron chi connectivity index (χ3n) is 2.66. The summed E-state index contributed by atoms with van der Waals surface area (Å²) in [6, 6.07) is 8.50. The van der Waals surface area contributed by atoms with Crippen molar-refractivity contribution in [2.75, 3.05) is 0 Å². The third-order valence-corrected chi connectivity index (χ3v) is 3.93. The van der Waals surface area contributed by atoms with Crippen LogP contribution in [-0.2, 0) is 6.42 Å². The normalized spacial score (nSPS) is 10.5. The highest BCUT2D eigenvalue weighted by molar-refractivity contribution is 14.1. The van der Waals surface area contributed by atoms with Crippen molar-refractivity contribution in [1.82, 2.24) is 0 Å². The Bertz CT molecular complexity index is 623. The van der Waals surface area contributed by atoms with Gasteiger partial charge < -0.3 is 5.73 Å². The zero-order valence-electron chi connectivity index (χ0n) is 9.79. The fourth-order valence-corrected chi connectivity index (χ4v) is 2.66. The summed E-state index contributed by atoms with van der Waals surface area (Å²) in [5.74, 6) is -1.75. The van der Waals surface area contributed by atoms with Gasteiger partial charge in [-0.3, -0.25) is 4.79 Å². The molecular formula is C14H10F2INO. The Morgan fingerprint density at radius 3 is 2.37 bits per heavy atom. The van der Waals surface area contributed by atoms with Gasteiger partial charge in [0, 0.05) is 9.64 Å². The number of halogens is 3. The molecule has 0 bridgehead atoms. The summed E-state index contributed by atoms with van der Waals surface area (Å²) in [4.78, 5) is 11.2. The molecule has 2 aromatic carbocycles. The van der Waals surface area contributed by atoms with Crippen LogP contribution in [0.1, 0.15) is 21.5 Å². The van der Waals surface area contributed by atoms with E-state index in [0.29, 0.717) is 21.1 Å². The van der Waals surface area contributed by atoms with Crippen molar-refractivity contribution >= 4 is 28.5 Å². The van der Waals surface area contributed by atoms with Crippen molar-refractivity contribution in [1.29, 1.82) is 0 Å². The van der Waals surface area contributed by atoms with Gasteiger partial charge in [-0.05, 0) is 58.3 Å². The van der Waals surface area contributed by atoms with Crippen LogP contribution in [0.4, 0.5) is 8.78 Å². The maximum absolute atomic E-state index is 13.1. The van der Waals surface area contributed by atoms with Crippen molar-refractivity contribution in [3.05, 3.63) is 68.3 Å². The molecule has 0 saturated carbocycles. The maximum Gasteiger partial charge on any atom is 0.249 e. The van der Waals surface area contributed by atoms with Crippen molar-refractivity contribution in [2.45, 2.75) is 6.42 Å². The highest BCUT2D eigenvalue weighted by atomic mass is 127. The first-order valence-electron chi connectivity index (χ1n) is 5.49. The molecule has 98 valence electrons. The molecule has 1 amide bonds. The van der Waals surface area contributed by atoms with E-state index in [9.17, 15) is 13.6 Å². The van der Waals surface area contributed by atoms with Crippen LogP contribution in [0.15, 0.2) is 36.4 Å². The quantitative estimate of drug-likeness (QED) is 0.825. The van der Waals surface area contributed by atoms with E-state index in [-0.39, 0.29) is 0 Å². The van der Waals surface area contributed by atoms with E-state index < -0.39 is 17.5 Å². The number of benzene rings is 2. The van der Waals surface area contributed by atoms with Gasteiger partial charge in [0.25, 0.3) is 0 Å². The number of nitrogens with two attached hydrogens (primary N) is 1. The molecule has 2 nitrogen and oxygen atoms in total. The smallest absolute Gasteiger partial charge is 0.249 e. The van der Waals surface area contributed by atoms with Gasteiger partial charge in [0.15, 0.2) is 0 Å². The van der Waals surface area contributed by atoms with Crippen LogP contribution in [0, 0.1) is 15.2 Å². The van der Waals surface area contributed by atoms with Crippen molar-refractivity contribution in [2.24, 2.45) is 5.73 Å². The molecule has 2 N–H and O–H groups in total. The van der Waals surface area contributed by atoms with Crippen LogP contribution < -0.4 is 5.73 Å². The number of primary amides is 1. The zero-order chi connectivity index (χ0) is 14.0. The Hall–Kier alpha value is -1.50. The summed E-state index contributed by atoms with van der Waals surface area (Å²) in [6.07, 6.45) is 0.341. The Morgan fingerprint density at radius 1 is 1.16 bits per heavy atom. The predicted octanol–water partition coefficient (Wildman–Crippen LogP) is 3.26. The molecule has 5 heteroatoms. The first-order valence-corrected chi connectivity index (χ1v) is 6.57. The Kier molecular flexibility index (Phi) is 4.14. The van der Waals surface area contributed by atoms with E-state index >= 15 is 0 Å². The SMILES string of the molecule is NC(=O)c1cccc(Cc2cc(F)cc(F)c2)c1I. The number of hydrogen-bond donors (Lipinski definition) is 1. The fourth-order valence-electron chi connectivity index (χ4n) is 1.84. The average molecular weight is 373 g/mol. The number of amides is 1. The number of rotatable bonds is 3. The van der Waals surface area contributed by atoms with Gasteiger partial charge in [-0.2, -0.15) is 0 Å². The van der Waals surface area contributed by atoms with Gasteiger partial charge in [0.05, 0.1) is 5.56 Å². The molecule has 0 saturated heterocycles. The molecule has 0 radical (unpaired) electrons. The molecule has 0 aliphatic rings. The molecular weight excluding hydrogens is 363 g/mol. The molecule has 19 heavy (non-hydrogen) atoms. The highest BCUT2D eigenvalue weighted by Crippen LogP contribution is 2.21. The molecule has 0 fully saturated rings. The average Bonchev–Trinajstić information content (AvgIpc) is 2.30. The summed E-state index contributed by atoms with van der Waals surface area (Å²) in [7, 11) is 0. The summed E-state index contributed by atoms with van der Waals surface area (Å²) in [5.41, 5.74) is 6.99. The molecule has 0 spiro atoms. The lowest BCUT2D eigenvalue weighted by Crippen LogP contribution is -2.13. The molecule has 0 heterocycles. The second-order valence-corrected chi connectivity index (χ2v) is 5.18. The van der Waals surface area contributed by atoms with E-state index in [0.717, 1.165) is 11.6 Å². The van der Waals surface area contributed by atoms with E-state index in [1.165, 1.54) is 12.1 Å². The second kappa shape index (κ2) is 5.64. The minimum absolute atomic E-state index is 0.341. The third kappa shape index (κ3) is 3.28. The van der Waals surface area contributed by atoms with Crippen molar-refractivity contribution < 1.29 is 13.6 Å². The summed E-state index contributed by atoms with van der Waals surface area (Å²) >= 11 is 2.01. The van der Waals surface area contributed by atoms with Crippen LogP contribution >= 0.6 is 22.6 Å². The van der Waals surface area contributed by atoms with E-state index in [2.05, 4.69) is 0 Å². The van der Waals surface area contributed by atoms with E-state index in [4.69, 9.17) is 5.73 Å². The Balaban J connectivity index is 2.38. The van der Waals surface area contributed by atoms with Crippen LogP contribution in [0.3, 0.4) is 0 Å². The molecule has 2 aromatic rings. The van der Waals surface area contributed by atoms with Gasteiger partial charge >= 0.3 is 0 Å². The fraction of sp³-hybridized carbons (Fsp3) is 0.0714. The van der Waals surface area contributed by atoms with Crippen LogP contribution in [0.25, 0.3) is 0 Å². The minimum Gasteiger partial charge on any atom is -0.366 e. The van der Waals surface area contributed by atoms with Crippen molar-refractivity contribution in [3.8, 4) is 0 Å².